The van der Waals surface area contributed by atoms with Gasteiger partial charge < -0.3 is 9.80 Å². The van der Waals surface area contributed by atoms with E-state index < -0.39 is 0 Å². The first-order chi connectivity index (χ1) is 11.1. The monoisotopic (exact) mass is 309 g/mol. The molecule has 1 amide bonds. The summed E-state index contributed by atoms with van der Waals surface area (Å²) in [4.78, 5) is 21.5. The van der Waals surface area contributed by atoms with Gasteiger partial charge in [-0.3, -0.25) is 4.79 Å². The number of anilines is 1. The molecular formula is C19H23N3O. The van der Waals surface area contributed by atoms with Crippen LogP contribution in [0, 0.1) is 20.8 Å². The minimum absolute atomic E-state index is 0.135. The number of piperazine rings is 1. The largest absolute Gasteiger partial charge is 0.353 e. The molecule has 0 radical (unpaired) electrons. The third-order valence-electron chi connectivity index (χ3n) is 4.43. The van der Waals surface area contributed by atoms with E-state index in [0.717, 1.165) is 43.1 Å². The van der Waals surface area contributed by atoms with Crippen molar-refractivity contribution in [1.82, 2.24) is 9.88 Å². The fraction of sp³-hybridized carbons (Fsp3) is 0.368. The zero-order chi connectivity index (χ0) is 16.4. The van der Waals surface area contributed by atoms with Gasteiger partial charge in [-0.15, -0.1) is 0 Å². The highest BCUT2D eigenvalue weighted by molar-refractivity contribution is 5.95. The zero-order valence-corrected chi connectivity index (χ0v) is 14.0. The highest BCUT2D eigenvalue weighted by Crippen LogP contribution is 2.20. The number of rotatable bonds is 2. The molecule has 1 aliphatic rings. The first-order valence-corrected chi connectivity index (χ1v) is 8.09. The predicted octanol–water partition coefficient (Wildman–Crippen LogP) is 2.97. The quantitative estimate of drug-likeness (QED) is 0.856. The lowest BCUT2D eigenvalue weighted by molar-refractivity contribution is 0.0746. The Labute approximate surface area is 137 Å². The predicted molar refractivity (Wildman–Crippen MR) is 93.0 cm³/mol. The number of aromatic nitrogens is 1. The Hall–Kier alpha value is -2.36. The molecule has 0 aliphatic carbocycles. The number of nitrogens with zero attached hydrogens (tertiary/aromatic N) is 3. The van der Waals surface area contributed by atoms with Crippen LogP contribution < -0.4 is 4.90 Å². The average molecular weight is 309 g/mol. The van der Waals surface area contributed by atoms with Crippen LogP contribution in [-0.2, 0) is 0 Å². The molecule has 0 bridgehead atoms. The van der Waals surface area contributed by atoms with Crippen LogP contribution in [0.3, 0.4) is 0 Å². The Morgan fingerprint density at radius 2 is 1.70 bits per heavy atom. The summed E-state index contributed by atoms with van der Waals surface area (Å²) in [5.74, 6) is 1.18. The van der Waals surface area contributed by atoms with Gasteiger partial charge in [0.25, 0.3) is 5.91 Å². The van der Waals surface area contributed by atoms with Crippen LogP contribution in [-0.4, -0.2) is 42.0 Å². The Bertz CT molecular complexity index is 718. The van der Waals surface area contributed by atoms with E-state index in [-0.39, 0.29) is 5.91 Å². The highest BCUT2D eigenvalue weighted by atomic mass is 16.2. The van der Waals surface area contributed by atoms with Gasteiger partial charge in [0.15, 0.2) is 0 Å². The Kier molecular flexibility index (Phi) is 4.33. The van der Waals surface area contributed by atoms with Crippen molar-refractivity contribution in [3.05, 3.63) is 58.8 Å². The van der Waals surface area contributed by atoms with E-state index in [0.29, 0.717) is 0 Å². The van der Waals surface area contributed by atoms with Gasteiger partial charge in [0.1, 0.15) is 5.82 Å². The summed E-state index contributed by atoms with van der Waals surface area (Å²) < 4.78 is 0. The summed E-state index contributed by atoms with van der Waals surface area (Å²) in [5.41, 5.74) is 4.23. The van der Waals surface area contributed by atoms with Crippen molar-refractivity contribution in [2.75, 3.05) is 31.1 Å². The molecule has 4 nitrogen and oxygen atoms in total. The van der Waals surface area contributed by atoms with Gasteiger partial charge >= 0.3 is 0 Å². The maximum absolute atomic E-state index is 12.7. The fourth-order valence-electron chi connectivity index (χ4n) is 3.14. The van der Waals surface area contributed by atoms with E-state index in [1.165, 1.54) is 11.1 Å². The van der Waals surface area contributed by atoms with Crippen molar-refractivity contribution in [3.63, 3.8) is 0 Å². The van der Waals surface area contributed by atoms with Gasteiger partial charge in [-0.05, 0) is 43.5 Å². The summed E-state index contributed by atoms with van der Waals surface area (Å²) in [7, 11) is 0. The van der Waals surface area contributed by atoms with Crippen LogP contribution in [0.4, 0.5) is 5.82 Å². The Morgan fingerprint density at radius 1 is 1.00 bits per heavy atom. The number of pyridine rings is 1. The summed E-state index contributed by atoms with van der Waals surface area (Å²) >= 11 is 0. The van der Waals surface area contributed by atoms with Gasteiger partial charge in [0, 0.05) is 37.9 Å². The third-order valence-corrected chi connectivity index (χ3v) is 4.43. The van der Waals surface area contributed by atoms with Gasteiger partial charge in [-0.25, -0.2) is 4.98 Å². The molecule has 4 heteroatoms. The average Bonchev–Trinajstić information content (AvgIpc) is 2.55. The van der Waals surface area contributed by atoms with Crippen LogP contribution in [0.15, 0.2) is 36.5 Å². The SMILES string of the molecule is Cc1cnc(N2CCN(C(=O)c3ccccc3C)CC2)c(C)c1. The molecule has 0 spiro atoms. The minimum atomic E-state index is 0.135. The lowest BCUT2D eigenvalue weighted by atomic mass is 10.1. The van der Waals surface area contributed by atoms with Crippen LogP contribution >= 0.6 is 0 Å². The van der Waals surface area contributed by atoms with Crippen LogP contribution in [0.1, 0.15) is 27.0 Å². The lowest BCUT2D eigenvalue weighted by Gasteiger charge is -2.36. The second kappa shape index (κ2) is 6.41. The number of amides is 1. The van der Waals surface area contributed by atoms with Crippen LogP contribution in [0.2, 0.25) is 0 Å². The molecule has 1 fully saturated rings. The van der Waals surface area contributed by atoms with Gasteiger partial charge in [-0.2, -0.15) is 0 Å². The van der Waals surface area contributed by atoms with Crippen molar-refractivity contribution < 1.29 is 4.79 Å². The first kappa shape index (κ1) is 15.5. The van der Waals surface area contributed by atoms with Crippen molar-refractivity contribution >= 4 is 11.7 Å². The lowest BCUT2D eigenvalue weighted by Crippen LogP contribution is -2.49. The molecule has 0 saturated carbocycles. The molecule has 0 N–H and O–H groups in total. The Morgan fingerprint density at radius 3 is 2.35 bits per heavy atom. The molecule has 1 aliphatic heterocycles. The zero-order valence-electron chi connectivity index (χ0n) is 14.0. The molecule has 1 saturated heterocycles. The molecule has 1 aromatic heterocycles. The van der Waals surface area contributed by atoms with E-state index in [2.05, 4.69) is 29.8 Å². The maximum Gasteiger partial charge on any atom is 0.254 e. The van der Waals surface area contributed by atoms with Crippen molar-refractivity contribution in [3.8, 4) is 0 Å². The number of aryl methyl sites for hydroxylation is 3. The molecule has 1 aromatic carbocycles. The smallest absolute Gasteiger partial charge is 0.254 e. The number of hydrogen-bond acceptors (Lipinski definition) is 3. The number of hydrogen-bond donors (Lipinski definition) is 0. The maximum atomic E-state index is 12.7. The molecule has 2 heterocycles. The van der Waals surface area contributed by atoms with E-state index in [1.807, 2.05) is 42.3 Å². The van der Waals surface area contributed by atoms with Crippen molar-refractivity contribution in [1.29, 1.82) is 0 Å². The van der Waals surface area contributed by atoms with Crippen molar-refractivity contribution in [2.24, 2.45) is 0 Å². The summed E-state index contributed by atoms with van der Waals surface area (Å²) in [5, 5.41) is 0. The van der Waals surface area contributed by atoms with E-state index in [1.54, 1.807) is 0 Å². The summed E-state index contributed by atoms with van der Waals surface area (Å²) in [6.07, 6.45) is 1.91. The molecule has 23 heavy (non-hydrogen) atoms. The Balaban J connectivity index is 1.69. The summed E-state index contributed by atoms with van der Waals surface area (Å²) in [6.45, 7) is 9.28. The summed E-state index contributed by atoms with van der Waals surface area (Å²) in [6, 6.07) is 9.96. The van der Waals surface area contributed by atoms with Crippen LogP contribution in [0.25, 0.3) is 0 Å². The molecular weight excluding hydrogens is 286 g/mol. The van der Waals surface area contributed by atoms with Crippen molar-refractivity contribution in [2.45, 2.75) is 20.8 Å². The number of benzene rings is 1. The number of carbonyl (C=O) groups excluding carboxylic acids is 1. The third kappa shape index (κ3) is 3.21. The van der Waals surface area contributed by atoms with Gasteiger partial charge in [-0.1, -0.05) is 24.3 Å². The normalized spacial score (nSPS) is 14.9. The molecule has 120 valence electrons. The van der Waals surface area contributed by atoms with Crippen LogP contribution in [0.5, 0.6) is 0 Å². The molecule has 2 aromatic rings. The fourth-order valence-corrected chi connectivity index (χ4v) is 3.14. The van der Waals surface area contributed by atoms with E-state index in [9.17, 15) is 4.79 Å². The van der Waals surface area contributed by atoms with E-state index in [4.69, 9.17) is 0 Å². The standard InChI is InChI=1S/C19H23N3O/c1-14-12-16(3)18(20-13-14)21-8-10-22(11-9-21)19(23)17-7-5-4-6-15(17)2/h4-7,12-13H,8-11H2,1-3H3. The molecule has 3 rings (SSSR count). The second-order valence-electron chi connectivity index (χ2n) is 6.25. The minimum Gasteiger partial charge on any atom is -0.353 e. The number of carbonyl (C=O) groups is 1. The topological polar surface area (TPSA) is 36.4 Å². The first-order valence-electron chi connectivity index (χ1n) is 8.09. The second-order valence-corrected chi connectivity index (χ2v) is 6.25. The van der Waals surface area contributed by atoms with E-state index >= 15 is 0 Å². The molecule has 0 unspecified atom stereocenters. The highest BCUT2D eigenvalue weighted by Gasteiger charge is 2.24. The van der Waals surface area contributed by atoms with Gasteiger partial charge in [0.2, 0.25) is 0 Å². The molecule has 0 atom stereocenters. The van der Waals surface area contributed by atoms with Gasteiger partial charge in [0.05, 0.1) is 0 Å².